The quantitative estimate of drug-likeness (QED) is 0.805. The standard InChI is InChI=1S/C14H22O/c1-10-6-11(2)8-13(7-10)9-14(4,5)12(3)15/h6-8,12,15H,9H2,1-5H3. The molecule has 1 aromatic rings. The van der Waals surface area contributed by atoms with E-state index in [4.69, 9.17) is 0 Å². The van der Waals surface area contributed by atoms with Crippen molar-refractivity contribution in [3.63, 3.8) is 0 Å². The van der Waals surface area contributed by atoms with Crippen LogP contribution < -0.4 is 0 Å². The van der Waals surface area contributed by atoms with Crippen LogP contribution in [-0.2, 0) is 6.42 Å². The van der Waals surface area contributed by atoms with Crippen LogP contribution in [0.5, 0.6) is 0 Å². The fraction of sp³-hybridized carbons (Fsp3) is 0.571. The Morgan fingerprint density at radius 2 is 1.60 bits per heavy atom. The Kier molecular flexibility index (Phi) is 3.56. The van der Waals surface area contributed by atoms with E-state index in [0.29, 0.717) is 0 Å². The molecule has 0 aliphatic carbocycles. The summed E-state index contributed by atoms with van der Waals surface area (Å²) in [6, 6.07) is 6.59. The van der Waals surface area contributed by atoms with Crippen LogP contribution in [0.25, 0.3) is 0 Å². The molecule has 1 nitrogen and oxygen atoms in total. The van der Waals surface area contributed by atoms with Gasteiger partial charge in [0.2, 0.25) is 0 Å². The first-order chi connectivity index (χ1) is 6.81. The zero-order valence-electron chi connectivity index (χ0n) is 10.5. The molecule has 1 N–H and O–H groups in total. The SMILES string of the molecule is Cc1cc(C)cc(CC(C)(C)C(C)O)c1. The fourth-order valence-electron chi connectivity index (χ4n) is 1.84. The molecule has 0 radical (unpaired) electrons. The number of aryl methyl sites for hydroxylation is 2. The van der Waals surface area contributed by atoms with E-state index in [1.54, 1.807) is 0 Å². The van der Waals surface area contributed by atoms with E-state index in [9.17, 15) is 5.11 Å². The number of hydrogen-bond donors (Lipinski definition) is 1. The third-order valence-electron chi connectivity index (χ3n) is 3.07. The molecule has 0 saturated heterocycles. The summed E-state index contributed by atoms with van der Waals surface area (Å²) in [6.45, 7) is 10.3. The Morgan fingerprint density at radius 1 is 1.13 bits per heavy atom. The Bertz CT molecular complexity index is 317. The topological polar surface area (TPSA) is 20.2 Å². The van der Waals surface area contributed by atoms with Crippen molar-refractivity contribution >= 4 is 0 Å². The summed E-state index contributed by atoms with van der Waals surface area (Å²) in [5, 5.41) is 9.68. The summed E-state index contributed by atoms with van der Waals surface area (Å²) in [5.74, 6) is 0. The van der Waals surface area contributed by atoms with Gasteiger partial charge in [0.05, 0.1) is 6.10 Å². The average Bonchev–Trinajstić information content (AvgIpc) is 1.99. The summed E-state index contributed by atoms with van der Waals surface area (Å²) in [6.07, 6.45) is 0.644. The van der Waals surface area contributed by atoms with Gasteiger partial charge < -0.3 is 5.11 Å². The minimum atomic E-state index is -0.279. The maximum absolute atomic E-state index is 9.68. The van der Waals surface area contributed by atoms with E-state index in [1.807, 2.05) is 6.92 Å². The molecule has 0 aliphatic heterocycles. The van der Waals surface area contributed by atoms with Crippen LogP contribution in [0.1, 0.15) is 37.5 Å². The largest absolute Gasteiger partial charge is 0.393 e. The molecule has 0 aromatic heterocycles. The fourth-order valence-corrected chi connectivity index (χ4v) is 1.84. The van der Waals surface area contributed by atoms with Gasteiger partial charge in [0.25, 0.3) is 0 Å². The molecule has 1 heteroatoms. The third-order valence-corrected chi connectivity index (χ3v) is 3.07. The van der Waals surface area contributed by atoms with Crippen molar-refractivity contribution in [2.45, 2.75) is 47.1 Å². The molecule has 0 aliphatic rings. The maximum atomic E-state index is 9.68. The van der Waals surface area contributed by atoms with Crippen molar-refractivity contribution in [3.05, 3.63) is 34.9 Å². The number of aliphatic hydroxyl groups excluding tert-OH is 1. The molecule has 84 valence electrons. The van der Waals surface area contributed by atoms with Gasteiger partial charge in [0.15, 0.2) is 0 Å². The van der Waals surface area contributed by atoms with Gasteiger partial charge in [-0.1, -0.05) is 43.2 Å². The monoisotopic (exact) mass is 206 g/mol. The van der Waals surface area contributed by atoms with Crippen molar-refractivity contribution in [3.8, 4) is 0 Å². The molecule has 1 aromatic carbocycles. The predicted molar refractivity (Wildman–Crippen MR) is 65.1 cm³/mol. The third kappa shape index (κ3) is 3.35. The van der Waals surface area contributed by atoms with Crippen LogP contribution in [0.4, 0.5) is 0 Å². The highest BCUT2D eigenvalue weighted by Crippen LogP contribution is 2.26. The van der Waals surface area contributed by atoms with Gasteiger partial charge in [-0.2, -0.15) is 0 Å². The van der Waals surface area contributed by atoms with Gasteiger partial charge in [0.1, 0.15) is 0 Å². The molecule has 0 amide bonds. The second-order valence-electron chi connectivity index (χ2n) is 5.34. The lowest BCUT2D eigenvalue weighted by atomic mass is 9.81. The second kappa shape index (κ2) is 4.36. The van der Waals surface area contributed by atoms with Gasteiger partial charge in [-0.15, -0.1) is 0 Å². The Morgan fingerprint density at radius 3 is 2.00 bits per heavy atom. The van der Waals surface area contributed by atoms with Crippen LogP contribution in [0.2, 0.25) is 0 Å². The molecular formula is C14H22O. The summed E-state index contributed by atoms with van der Waals surface area (Å²) < 4.78 is 0. The van der Waals surface area contributed by atoms with Gasteiger partial charge >= 0.3 is 0 Å². The zero-order chi connectivity index (χ0) is 11.6. The predicted octanol–water partition coefficient (Wildman–Crippen LogP) is 3.25. The van der Waals surface area contributed by atoms with E-state index < -0.39 is 0 Å². The minimum Gasteiger partial charge on any atom is -0.393 e. The molecular weight excluding hydrogens is 184 g/mol. The summed E-state index contributed by atoms with van der Waals surface area (Å²) in [7, 11) is 0. The van der Waals surface area contributed by atoms with E-state index in [1.165, 1.54) is 16.7 Å². The van der Waals surface area contributed by atoms with Crippen molar-refractivity contribution < 1.29 is 5.11 Å². The van der Waals surface area contributed by atoms with E-state index >= 15 is 0 Å². The first kappa shape index (κ1) is 12.3. The Labute approximate surface area is 93.1 Å². The lowest BCUT2D eigenvalue weighted by Crippen LogP contribution is -2.28. The van der Waals surface area contributed by atoms with Crippen molar-refractivity contribution in [2.24, 2.45) is 5.41 Å². The Hall–Kier alpha value is -0.820. The number of hydrogen-bond acceptors (Lipinski definition) is 1. The van der Waals surface area contributed by atoms with Crippen LogP contribution in [-0.4, -0.2) is 11.2 Å². The van der Waals surface area contributed by atoms with Gasteiger partial charge in [-0.25, -0.2) is 0 Å². The molecule has 15 heavy (non-hydrogen) atoms. The molecule has 1 unspecified atom stereocenters. The Balaban J connectivity index is 2.89. The lowest BCUT2D eigenvalue weighted by molar-refractivity contribution is 0.0665. The smallest absolute Gasteiger partial charge is 0.0566 e. The molecule has 1 rings (SSSR count). The van der Waals surface area contributed by atoms with E-state index in [0.717, 1.165) is 6.42 Å². The van der Waals surface area contributed by atoms with E-state index in [-0.39, 0.29) is 11.5 Å². The molecule has 0 saturated carbocycles. The summed E-state index contributed by atoms with van der Waals surface area (Å²) in [5.41, 5.74) is 3.86. The summed E-state index contributed by atoms with van der Waals surface area (Å²) >= 11 is 0. The molecule has 0 spiro atoms. The maximum Gasteiger partial charge on any atom is 0.0566 e. The highest BCUT2D eigenvalue weighted by Gasteiger charge is 2.24. The highest BCUT2D eigenvalue weighted by atomic mass is 16.3. The number of rotatable bonds is 3. The van der Waals surface area contributed by atoms with Gasteiger partial charge in [-0.05, 0) is 38.2 Å². The van der Waals surface area contributed by atoms with Crippen molar-refractivity contribution in [2.75, 3.05) is 0 Å². The van der Waals surface area contributed by atoms with Crippen LogP contribution >= 0.6 is 0 Å². The van der Waals surface area contributed by atoms with E-state index in [2.05, 4.69) is 45.9 Å². The first-order valence-electron chi connectivity index (χ1n) is 5.56. The lowest BCUT2D eigenvalue weighted by Gasteiger charge is -2.28. The second-order valence-corrected chi connectivity index (χ2v) is 5.34. The average molecular weight is 206 g/mol. The molecule has 0 bridgehead atoms. The first-order valence-corrected chi connectivity index (χ1v) is 5.56. The molecule has 1 atom stereocenters. The number of aliphatic hydroxyl groups is 1. The normalized spacial score (nSPS) is 14.0. The van der Waals surface area contributed by atoms with Gasteiger partial charge in [-0.3, -0.25) is 0 Å². The van der Waals surface area contributed by atoms with Crippen molar-refractivity contribution in [1.29, 1.82) is 0 Å². The van der Waals surface area contributed by atoms with Crippen molar-refractivity contribution in [1.82, 2.24) is 0 Å². The van der Waals surface area contributed by atoms with Crippen LogP contribution in [0.3, 0.4) is 0 Å². The van der Waals surface area contributed by atoms with Crippen LogP contribution in [0, 0.1) is 19.3 Å². The molecule has 0 heterocycles. The van der Waals surface area contributed by atoms with Crippen LogP contribution in [0.15, 0.2) is 18.2 Å². The molecule has 0 fully saturated rings. The number of benzene rings is 1. The minimum absolute atomic E-state index is 0.0553. The summed E-state index contributed by atoms with van der Waals surface area (Å²) in [4.78, 5) is 0. The zero-order valence-corrected chi connectivity index (χ0v) is 10.5. The van der Waals surface area contributed by atoms with Gasteiger partial charge in [0, 0.05) is 0 Å². The highest BCUT2D eigenvalue weighted by molar-refractivity contribution is 5.29.